The lowest BCUT2D eigenvalue weighted by Gasteiger charge is -2.22. The molecule has 0 N–H and O–H groups in total. The van der Waals surface area contributed by atoms with Gasteiger partial charge in [-0.25, -0.2) is 0 Å². The van der Waals surface area contributed by atoms with Crippen LogP contribution in [0.4, 0.5) is 11.4 Å². The number of rotatable bonds is 2. The minimum absolute atomic E-state index is 0.0172. The molecule has 4 aliphatic rings. The van der Waals surface area contributed by atoms with Gasteiger partial charge in [0.15, 0.2) is 0 Å². The summed E-state index contributed by atoms with van der Waals surface area (Å²) < 4.78 is 0. The van der Waals surface area contributed by atoms with Crippen molar-refractivity contribution in [1.29, 1.82) is 0 Å². The molecule has 0 fully saturated rings. The first-order valence-corrected chi connectivity index (χ1v) is 16.8. The van der Waals surface area contributed by atoms with Crippen molar-refractivity contribution in [2.24, 2.45) is 0 Å². The summed E-state index contributed by atoms with van der Waals surface area (Å²) >= 11 is 0. The largest absolute Gasteiger partial charge is 0.337 e. The van der Waals surface area contributed by atoms with Gasteiger partial charge in [-0.3, -0.25) is 0 Å². The third-order valence-corrected chi connectivity index (χ3v) is 11.8. The fraction of sp³-hybridized carbons (Fsp3) is 0.200. The molecule has 222 valence electrons. The second-order valence-corrected chi connectivity index (χ2v) is 14.9. The van der Waals surface area contributed by atoms with Crippen molar-refractivity contribution < 1.29 is 0 Å². The first kappa shape index (κ1) is 26.3. The molecule has 0 saturated heterocycles. The fourth-order valence-corrected chi connectivity index (χ4v) is 9.58. The number of hydrogen-bond donors (Lipinski definition) is 0. The molecule has 2 heterocycles. The highest BCUT2D eigenvalue weighted by molar-refractivity contribution is 5.95. The molecule has 0 bridgehead atoms. The Morgan fingerprint density at radius 2 is 0.870 bits per heavy atom. The zero-order chi connectivity index (χ0) is 30.9. The van der Waals surface area contributed by atoms with Gasteiger partial charge in [-0.05, 0) is 115 Å². The van der Waals surface area contributed by atoms with E-state index in [9.17, 15) is 0 Å². The van der Waals surface area contributed by atoms with Crippen molar-refractivity contribution >= 4 is 11.4 Å². The maximum atomic E-state index is 2.62. The topological polar surface area (TPSA) is 3.24 Å². The van der Waals surface area contributed by atoms with Crippen LogP contribution in [0, 0.1) is 0 Å². The van der Waals surface area contributed by atoms with Gasteiger partial charge >= 0.3 is 0 Å². The molecule has 0 spiro atoms. The maximum absolute atomic E-state index is 2.62. The Hall–Kier alpha value is -4.88. The van der Waals surface area contributed by atoms with E-state index < -0.39 is 0 Å². The number of nitrogens with zero attached hydrogens (tertiary/aromatic N) is 1. The number of fused-ring (bicyclic) bond motifs is 11. The van der Waals surface area contributed by atoms with E-state index in [-0.39, 0.29) is 10.8 Å². The van der Waals surface area contributed by atoms with Crippen molar-refractivity contribution in [3.05, 3.63) is 155 Å². The molecule has 6 aromatic rings. The molecule has 46 heavy (non-hydrogen) atoms. The smallest absolute Gasteiger partial charge is 0.0447 e. The third-order valence-electron chi connectivity index (χ3n) is 11.8. The van der Waals surface area contributed by atoms with Gasteiger partial charge in [0.2, 0.25) is 0 Å². The molecule has 0 atom stereocenters. The average Bonchev–Trinajstić information content (AvgIpc) is 3.75. The van der Waals surface area contributed by atoms with Gasteiger partial charge < -0.3 is 4.90 Å². The van der Waals surface area contributed by atoms with Crippen LogP contribution < -0.4 is 4.90 Å². The van der Waals surface area contributed by atoms with Gasteiger partial charge in [0.25, 0.3) is 0 Å². The summed E-state index contributed by atoms with van der Waals surface area (Å²) in [6, 6.07) is 46.8. The summed E-state index contributed by atoms with van der Waals surface area (Å²) in [6.45, 7) is 9.47. The maximum Gasteiger partial charge on any atom is 0.0447 e. The quantitative estimate of drug-likeness (QED) is 0.194. The lowest BCUT2D eigenvalue weighted by atomic mass is 9.82. The van der Waals surface area contributed by atoms with Crippen LogP contribution in [0.25, 0.3) is 44.5 Å². The Balaban J connectivity index is 1.03. The standard InChI is InChI=1S/C45H37N/c1-44(2)36-15-7-5-11-34(36)42-32(13-9-17-38(42)44)27-19-21-40-29(23-27)25-31-26-30-24-28(20-22-41(30)46(31)40)33-14-10-18-39-43(33)35-12-6-8-16-37(35)45(39,3)4/h5-24,31H,25-26H2,1-4H3. The van der Waals surface area contributed by atoms with Gasteiger partial charge in [-0.1, -0.05) is 125 Å². The molecule has 0 unspecified atom stereocenters. The minimum Gasteiger partial charge on any atom is -0.337 e. The molecule has 1 nitrogen and oxygen atoms in total. The Kier molecular flexibility index (Phi) is 5.09. The molecule has 0 radical (unpaired) electrons. The predicted molar refractivity (Wildman–Crippen MR) is 192 cm³/mol. The summed E-state index contributed by atoms with van der Waals surface area (Å²) in [4.78, 5) is 2.62. The number of hydrogen-bond acceptors (Lipinski definition) is 1. The lowest BCUT2D eigenvalue weighted by Crippen LogP contribution is -2.22. The molecule has 0 saturated carbocycles. The highest BCUT2D eigenvalue weighted by Crippen LogP contribution is 2.55. The van der Waals surface area contributed by atoms with Gasteiger partial charge in [0.1, 0.15) is 0 Å². The Morgan fingerprint density at radius 3 is 1.35 bits per heavy atom. The van der Waals surface area contributed by atoms with Gasteiger partial charge in [0, 0.05) is 28.2 Å². The van der Waals surface area contributed by atoms with E-state index in [2.05, 4.69) is 154 Å². The highest BCUT2D eigenvalue weighted by atomic mass is 15.2. The van der Waals surface area contributed by atoms with E-state index in [1.165, 1.54) is 89.3 Å². The minimum atomic E-state index is 0.0172. The van der Waals surface area contributed by atoms with Crippen LogP contribution >= 0.6 is 0 Å². The zero-order valence-corrected chi connectivity index (χ0v) is 27.0. The van der Waals surface area contributed by atoms with Crippen molar-refractivity contribution in [2.75, 3.05) is 4.90 Å². The summed E-state index contributed by atoms with van der Waals surface area (Å²) in [5, 5.41) is 0. The molecule has 1 heteroatoms. The van der Waals surface area contributed by atoms with Crippen LogP contribution in [-0.4, -0.2) is 6.04 Å². The van der Waals surface area contributed by atoms with E-state index in [0.29, 0.717) is 6.04 Å². The molecule has 0 aromatic heterocycles. The Morgan fingerprint density at radius 1 is 0.457 bits per heavy atom. The van der Waals surface area contributed by atoms with Crippen molar-refractivity contribution in [2.45, 2.75) is 57.4 Å². The number of benzene rings is 6. The Labute approximate surface area is 272 Å². The summed E-state index contributed by atoms with van der Waals surface area (Å²) in [7, 11) is 0. The highest BCUT2D eigenvalue weighted by Gasteiger charge is 2.40. The van der Waals surface area contributed by atoms with Crippen LogP contribution in [0.3, 0.4) is 0 Å². The van der Waals surface area contributed by atoms with E-state index >= 15 is 0 Å². The third kappa shape index (κ3) is 3.31. The van der Waals surface area contributed by atoms with Gasteiger partial charge in [-0.15, -0.1) is 0 Å². The fourth-order valence-electron chi connectivity index (χ4n) is 9.58. The van der Waals surface area contributed by atoms with Gasteiger partial charge in [0.05, 0.1) is 0 Å². The van der Waals surface area contributed by atoms with Crippen molar-refractivity contribution in [3.63, 3.8) is 0 Å². The van der Waals surface area contributed by atoms with E-state index in [1.807, 2.05) is 0 Å². The average molecular weight is 592 g/mol. The zero-order valence-electron chi connectivity index (χ0n) is 27.0. The van der Waals surface area contributed by atoms with E-state index in [0.717, 1.165) is 12.8 Å². The van der Waals surface area contributed by atoms with Crippen LogP contribution in [-0.2, 0) is 23.7 Å². The molecule has 2 aliphatic heterocycles. The SMILES string of the molecule is CC1(C)c2ccccc2-c2c(-c3ccc4c(c3)CC3Cc5cc(-c6cccc7c6-c6ccccc6C7(C)C)ccc5N43)cccc21. The van der Waals surface area contributed by atoms with Crippen molar-refractivity contribution in [1.82, 2.24) is 0 Å². The predicted octanol–water partition coefficient (Wildman–Crippen LogP) is 11.3. The summed E-state index contributed by atoms with van der Waals surface area (Å²) in [6.07, 6.45) is 2.18. The Bertz CT molecular complexity index is 2120. The molecular formula is C45H37N. The van der Waals surface area contributed by atoms with E-state index in [1.54, 1.807) is 0 Å². The molecule has 6 aromatic carbocycles. The van der Waals surface area contributed by atoms with Crippen LogP contribution in [0.1, 0.15) is 61.1 Å². The second-order valence-electron chi connectivity index (χ2n) is 14.9. The summed E-state index contributed by atoms with van der Waals surface area (Å²) in [5.41, 5.74) is 22.5. The van der Waals surface area contributed by atoms with Crippen LogP contribution in [0.2, 0.25) is 0 Å². The first-order valence-electron chi connectivity index (χ1n) is 16.8. The molecule has 0 amide bonds. The normalized spacial score (nSPS) is 17.2. The summed E-state index contributed by atoms with van der Waals surface area (Å²) in [5.74, 6) is 0. The van der Waals surface area contributed by atoms with Crippen LogP contribution in [0.15, 0.2) is 121 Å². The monoisotopic (exact) mass is 591 g/mol. The molecule has 2 aliphatic carbocycles. The molecule has 10 rings (SSSR count). The van der Waals surface area contributed by atoms with E-state index in [4.69, 9.17) is 0 Å². The number of anilines is 2. The lowest BCUT2D eigenvalue weighted by molar-refractivity contribution is 0.660. The second kappa shape index (κ2) is 8.89. The first-order chi connectivity index (χ1) is 22.3. The van der Waals surface area contributed by atoms with Crippen LogP contribution in [0.5, 0.6) is 0 Å². The van der Waals surface area contributed by atoms with Crippen molar-refractivity contribution in [3.8, 4) is 44.5 Å². The van der Waals surface area contributed by atoms with Gasteiger partial charge in [-0.2, -0.15) is 0 Å². The molecular weight excluding hydrogens is 555 g/mol.